The molecule has 0 saturated heterocycles. The molecule has 0 radical (unpaired) electrons. The second-order valence-electron chi connectivity index (χ2n) is 5.98. The Hall–Kier alpha value is -3.12. The van der Waals surface area contributed by atoms with Crippen molar-refractivity contribution in [2.75, 3.05) is 17.7 Å². The van der Waals surface area contributed by atoms with Crippen LogP contribution >= 0.6 is 11.3 Å². The first-order chi connectivity index (χ1) is 12.4. The lowest BCUT2D eigenvalue weighted by atomic mass is 10.1. The van der Waals surface area contributed by atoms with E-state index in [1.807, 2.05) is 31.2 Å². The largest absolute Gasteiger partial charge is 0.477 e. The summed E-state index contributed by atoms with van der Waals surface area (Å²) in [5, 5.41) is 9.56. The highest BCUT2D eigenvalue weighted by atomic mass is 32.1. The molecule has 0 aliphatic carbocycles. The number of hydrogen-bond donors (Lipinski definition) is 2. The van der Waals surface area contributed by atoms with Crippen LogP contribution in [-0.2, 0) is 0 Å². The van der Waals surface area contributed by atoms with Gasteiger partial charge in [-0.25, -0.2) is 4.79 Å². The van der Waals surface area contributed by atoms with Crippen LogP contribution in [0, 0.1) is 6.92 Å². The van der Waals surface area contributed by atoms with Crippen LogP contribution in [0.1, 0.15) is 25.6 Å². The standard InChI is InChI=1S/C20H18N2O3S/c1-12-3-5-14(6-4-12)19(23)22(2)16-11-17(26-18(16)20(24)25)13-7-9-15(21)10-8-13/h3-11H,21H2,1-2H3,(H,24,25). The summed E-state index contributed by atoms with van der Waals surface area (Å²) in [6, 6.07) is 16.1. The maximum Gasteiger partial charge on any atom is 0.348 e. The van der Waals surface area contributed by atoms with Crippen molar-refractivity contribution in [3.8, 4) is 10.4 Å². The van der Waals surface area contributed by atoms with Gasteiger partial charge in [-0.2, -0.15) is 0 Å². The number of carboxylic acids is 1. The molecule has 0 unspecified atom stereocenters. The summed E-state index contributed by atoms with van der Waals surface area (Å²) in [5.74, 6) is -1.32. The lowest BCUT2D eigenvalue weighted by molar-refractivity contribution is 0.0703. The monoisotopic (exact) mass is 366 g/mol. The highest BCUT2D eigenvalue weighted by Gasteiger charge is 2.23. The van der Waals surface area contributed by atoms with E-state index in [1.54, 1.807) is 37.4 Å². The van der Waals surface area contributed by atoms with E-state index in [2.05, 4.69) is 0 Å². The number of carbonyl (C=O) groups is 2. The van der Waals surface area contributed by atoms with Crippen LogP contribution in [0.4, 0.5) is 11.4 Å². The van der Waals surface area contributed by atoms with Crippen molar-refractivity contribution in [3.05, 3.63) is 70.6 Å². The van der Waals surface area contributed by atoms with Crippen LogP contribution in [-0.4, -0.2) is 24.0 Å². The molecule has 6 heteroatoms. The molecule has 1 heterocycles. The molecule has 1 aromatic heterocycles. The van der Waals surface area contributed by atoms with Crippen LogP contribution in [0.15, 0.2) is 54.6 Å². The maximum absolute atomic E-state index is 12.7. The molecule has 0 fully saturated rings. The number of amides is 1. The van der Waals surface area contributed by atoms with Gasteiger partial charge in [-0.05, 0) is 42.8 Å². The maximum atomic E-state index is 12.7. The Kier molecular flexibility index (Phi) is 4.77. The highest BCUT2D eigenvalue weighted by Crippen LogP contribution is 2.37. The molecule has 0 aliphatic heterocycles. The number of carbonyl (C=O) groups excluding carboxylic acids is 1. The molecule has 1 amide bonds. The number of nitrogens with two attached hydrogens (primary N) is 1. The minimum Gasteiger partial charge on any atom is -0.477 e. The number of aromatic carboxylic acids is 1. The van der Waals surface area contributed by atoms with E-state index in [-0.39, 0.29) is 10.8 Å². The van der Waals surface area contributed by atoms with Gasteiger partial charge in [0.1, 0.15) is 4.88 Å². The van der Waals surface area contributed by atoms with Crippen LogP contribution < -0.4 is 10.6 Å². The third kappa shape index (κ3) is 3.45. The highest BCUT2D eigenvalue weighted by molar-refractivity contribution is 7.18. The summed E-state index contributed by atoms with van der Waals surface area (Å²) in [4.78, 5) is 26.7. The molecule has 3 rings (SSSR count). The first-order valence-electron chi connectivity index (χ1n) is 7.94. The van der Waals surface area contributed by atoms with Gasteiger partial charge < -0.3 is 15.7 Å². The summed E-state index contributed by atoms with van der Waals surface area (Å²) in [7, 11) is 1.59. The van der Waals surface area contributed by atoms with Crippen LogP contribution in [0.5, 0.6) is 0 Å². The number of thiophene rings is 1. The van der Waals surface area contributed by atoms with Gasteiger partial charge in [0.05, 0.1) is 5.69 Å². The fourth-order valence-corrected chi connectivity index (χ4v) is 3.60. The van der Waals surface area contributed by atoms with Gasteiger partial charge >= 0.3 is 5.97 Å². The number of rotatable bonds is 4. The summed E-state index contributed by atoms with van der Waals surface area (Å²) in [6.07, 6.45) is 0. The Morgan fingerprint density at radius 3 is 2.23 bits per heavy atom. The van der Waals surface area contributed by atoms with Crippen LogP contribution in [0.3, 0.4) is 0 Å². The van der Waals surface area contributed by atoms with Gasteiger partial charge in [-0.1, -0.05) is 29.8 Å². The van der Waals surface area contributed by atoms with Crippen LogP contribution in [0.25, 0.3) is 10.4 Å². The normalized spacial score (nSPS) is 10.5. The van der Waals surface area contributed by atoms with E-state index in [4.69, 9.17) is 5.73 Å². The summed E-state index contributed by atoms with van der Waals surface area (Å²) in [5.41, 5.74) is 9.13. The van der Waals surface area contributed by atoms with E-state index >= 15 is 0 Å². The minimum absolute atomic E-state index is 0.125. The van der Waals surface area contributed by atoms with Crippen LogP contribution in [0.2, 0.25) is 0 Å². The molecule has 3 aromatic rings. The first-order valence-corrected chi connectivity index (χ1v) is 8.76. The molecule has 26 heavy (non-hydrogen) atoms. The topological polar surface area (TPSA) is 83.6 Å². The number of anilines is 2. The predicted octanol–water partition coefficient (Wildman–Crippen LogP) is 4.28. The number of carboxylic acid groups (broad SMARTS) is 1. The molecule has 0 saturated carbocycles. The van der Waals surface area contributed by atoms with Crippen molar-refractivity contribution >= 4 is 34.6 Å². The van der Waals surface area contributed by atoms with Crippen molar-refractivity contribution in [1.82, 2.24) is 0 Å². The Morgan fingerprint density at radius 1 is 1.04 bits per heavy atom. The minimum atomic E-state index is -1.06. The number of nitrogens with zero attached hydrogens (tertiary/aromatic N) is 1. The van der Waals surface area contributed by atoms with Crippen molar-refractivity contribution in [3.63, 3.8) is 0 Å². The molecular weight excluding hydrogens is 348 g/mol. The van der Waals surface area contributed by atoms with Gasteiger partial charge in [0, 0.05) is 23.2 Å². The van der Waals surface area contributed by atoms with Gasteiger partial charge in [-0.3, -0.25) is 4.79 Å². The number of benzene rings is 2. The van der Waals surface area contributed by atoms with Gasteiger partial charge in [-0.15, -0.1) is 11.3 Å². The van der Waals surface area contributed by atoms with E-state index in [9.17, 15) is 14.7 Å². The fraction of sp³-hybridized carbons (Fsp3) is 0.100. The number of aryl methyl sites for hydroxylation is 1. The molecule has 3 N–H and O–H groups in total. The van der Waals surface area contributed by atoms with E-state index in [0.717, 1.165) is 27.3 Å². The number of nitrogen functional groups attached to an aromatic ring is 1. The smallest absolute Gasteiger partial charge is 0.348 e. The second-order valence-corrected chi connectivity index (χ2v) is 7.03. The van der Waals surface area contributed by atoms with E-state index < -0.39 is 5.97 Å². The summed E-state index contributed by atoms with van der Waals surface area (Å²) >= 11 is 1.14. The Labute approximate surface area is 155 Å². The van der Waals surface area contributed by atoms with Crippen molar-refractivity contribution in [1.29, 1.82) is 0 Å². The van der Waals surface area contributed by atoms with Crippen molar-refractivity contribution in [2.24, 2.45) is 0 Å². The Bertz CT molecular complexity index is 960. The van der Waals surface area contributed by atoms with Gasteiger partial charge in [0.25, 0.3) is 5.91 Å². The zero-order chi connectivity index (χ0) is 18.8. The average Bonchev–Trinajstić information content (AvgIpc) is 3.07. The molecule has 132 valence electrons. The van der Waals surface area contributed by atoms with Gasteiger partial charge in [0.15, 0.2) is 0 Å². The molecule has 0 aliphatic rings. The third-order valence-corrected chi connectivity index (χ3v) is 5.23. The lowest BCUT2D eigenvalue weighted by Gasteiger charge is -2.17. The summed E-state index contributed by atoms with van der Waals surface area (Å²) < 4.78 is 0. The quantitative estimate of drug-likeness (QED) is 0.675. The van der Waals surface area contributed by atoms with E-state index in [1.165, 1.54) is 4.90 Å². The molecule has 0 bridgehead atoms. The summed E-state index contributed by atoms with van der Waals surface area (Å²) in [6.45, 7) is 1.94. The average molecular weight is 366 g/mol. The molecule has 2 aromatic carbocycles. The molecule has 0 atom stereocenters. The Balaban J connectivity index is 2.00. The fourth-order valence-electron chi connectivity index (χ4n) is 2.57. The zero-order valence-corrected chi connectivity index (χ0v) is 15.2. The van der Waals surface area contributed by atoms with E-state index in [0.29, 0.717) is 16.9 Å². The SMILES string of the molecule is Cc1ccc(C(=O)N(C)c2cc(-c3ccc(N)cc3)sc2C(=O)O)cc1. The third-order valence-electron chi connectivity index (χ3n) is 4.07. The van der Waals surface area contributed by atoms with Gasteiger partial charge in [0.2, 0.25) is 0 Å². The zero-order valence-electron chi connectivity index (χ0n) is 14.4. The molecule has 5 nitrogen and oxygen atoms in total. The molecule has 0 spiro atoms. The van der Waals surface area contributed by atoms with Crippen molar-refractivity contribution < 1.29 is 14.7 Å². The Morgan fingerprint density at radius 2 is 1.65 bits per heavy atom. The number of hydrogen-bond acceptors (Lipinski definition) is 4. The predicted molar refractivity (Wildman–Crippen MR) is 105 cm³/mol. The molecular formula is C20H18N2O3S. The second kappa shape index (κ2) is 7.01. The first kappa shape index (κ1) is 17.7. The van der Waals surface area contributed by atoms with Crippen molar-refractivity contribution in [2.45, 2.75) is 6.92 Å². The lowest BCUT2D eigenvalue weighted by Crippen LogP contribution is -2.27.